The van der Waals surface area contributed by atoms with Gasteiger partial charge in [0.15, 0.2) is 0 Å². The summed E-state index contributed by atoms with van der Waals surface area (Å²) in [7, 11) is 0. The van der Waals surface area contributed by atoms with Crippen molar-refractivity contribution in [1.82, 2.24) is 0 Å². The third-order valence-electron chi connectivity index (χ3n) is 1.84. The average Bonchev–Trinajstić information content (AvgIpc) is 2.16. The molecule has 0 radical (unpaired) electrons. The zero-order valence-corrected chi connectivity index (χ0v) is 8.88. The van der Waals surface area contributed by atoms with Gasteiger partial charge in [-0.05, 0) is 20.8 Å². The van der Waals surface area contributed by atoms with E-state index in [2.05, 4.69) is 9.47 Å². The molecular weight excluding hydrogens is 210 g/mol. The van der Waals surface area contributed by atoms with E-state index in [4.69, 9.17) is 0 Å². The van der Waals surface area contributed by atoms with Gasteiger partial charge in [-0.2, -0.15) is 0 Å². The van der Waals surface area contributed by atoms with Gasteiger partial charge >= 0.3 is 11.9 Å². The summed E-state index contributed by atoms with van der Waals surface area (Å²) in [5.41, 5.74) is -2.54. The maximum atomic E-state index is 12.6. The van der Waals surface area contributed by atoms with Gasteiger partial charge in [-0.15, -0.1) is 0 Å². The fourth-order valence-electron chi connectivity index (χ4n) is 0.824. The molecule has 6 heteroatoms. The maximum Gasteiger partial charge on any atom is 0.329 e. The Kier molecular flexibility index (Phi) is 5.18. The second-order valence-electron chi connectivity index (χ2n) is 2.94. The Morgan fingerprint density at radius 2 is 1.47 bits per heavy atom. The standard InChI is InChI=1S/C9H14F2O4/c1-4-14-7(12)9(3,6(10)11)8(13)15-5-2/h6H,4-5H2,1-3H3. The lowest BCUT2D eigenvalue weighted by atomic mass is 9.91. The molecular formula is C9H14F2O4. The van der Waals surface area contributed by atoms with Gasteiger partial charge < -0.3 is 9.47 Å². The molecule has 0 rings (SSSR count). The number of ether oxygens (including phenoxy) is 2. The van der Waals surface area contributed by atoms with Crippen LogP contribution in [0.15, 0.2) is 0 Å². The third-order valence-corrected chi connectivity index (χ3v) is 1.84. The summed E-state index contributed by atoms with van der Waals surface area (Å²) in [6.45, 7) is 3.61. The SMILES string of the molecule is CCOC(=O)C(C)(C(=O)OCC)C(F)F. The van der Waals surface area contributed by atoms with E-state index in [-0.39, 0.29) is 13.2 Å². The van der Waals surface area contributed by atoms with Crippen LogP contribution in [0, 0.1) is 5.41 Å². The predicted octanol–water partition coefficient (Wildman–Crippen LogP) is 1.38. The molecule has 0 amide bonds. The average molecular weight is 224 g/mol. The van der Waals surface area contributed by atoms with Crippen LogP contribution in [0.2, 0.25) is 0 Å². The Labute approximate surface area is 86.5 Å². The van der Waals surface area contributed by atoms with E-state index >= 15 is 0 Å². The Hall–Kier alpha value is -1.20. The molecule has 0 aromatic heterocycles. The van der Waals surface area contributed by atoms with Gasteiger partial charge in [0.05, 0.1) is 13.2 Å². The first kappa shape index (κ1) is 13.8. The molecule has 0 aliphatic rings. The van der Waals surface area contributed by atoms with Gasteiger partial charge in [0.2, 0.25) is 5.41 Å². The van der Waals surface area contributed by atoms with Crippen molar-refractivity contribution >= 4 is 11.9 Å². The Morgan fingerprint density at radius 1 is 1.13 bits per heavy atom. The quantitative estimate of drug-likeness (QED) is 0.523. The summed E-state index contributed by atoms with van der Waals surface area (Å²) < 4.78 is 34.1. The Bertz CT molecular complexity index is 222. The van der Waals surface area contributed by atoms with Gasteiger partial charge in [0.25, 0.3) is 6.43 Å². The first-order valence-electron chi connectivity index (χ1n) is 4.53. The van der Waals surface area contributed by atoms with Crippen LogP contribution in [-0.4, -0.2) is 31.6 Å². The molecule has 15 heavy (non-hydrogen) atoms. The van der Waals surface area contributed by atoms with Crippen LogP contribution in [-0.2, 0) is 19.1 Å². The summed E-state index contributed by atoms with van der Waals surface area (Å²) in [6, 6.07) is 0. The van der Waals surface area contributed by atoms with Crippen molar-refractivity contribution in [2.24, 2.45) is 5.41 Å². The van der Waals surface area contributed by atoms with E-state index in [0.29, 0.717) is 0 Å². The number of hydrogen-bond donors (Lipinski definition) is 0. The molecule has 0 aromatic carbocycles. The molecule has 88 valence electrons. The third kappa shape index (κ3) is 2.87. The van der Waals surface area contributed by atoms with E-state index in [1.165, 1.54) is 13.8 Å². The number of rotatable bonds is 5. The van der Waals surface area contributed by atoms with Crippen LogP contribution in [0.3, 0.4) is 0 Å². The molecule has 4 nitrogen and oxygen atoms in total. The van der Waals surface area contributed by atoms with Crippen LogP contribution >= 0.6 is 0 Å². The van der Waals surface area contributed by atoms with Crippen molar-refractivity contribution in [3.8, 4) is 0 Å². The van der Waals surface area contributed by atoms with Gasteiger partial charge in [0, 0.05) is 0 Å². The highest BCUT2D eigenvalue weighted by molar-refractivity contribution is 6.00. The minimum absolute atomic E-state index is 0.0689. The maximum absolute atomic E-state index is 12.6. The van der Waals surface area contributed by atoms with E-state index in [1.807, 2.05) is 0 Å². The van der Waals surface area contributed by atoms with Crippen molar-refractivity contribution in [1.29, 1.82) is 0 Å². The number of hydrogen-bond acceptors (Lipinski definition) is 4. The number of alkyl halides is 2. The number of carbonyl (C=O) groups excluding carboxylic acids is 2. The first-order chi connectivity index (χ1) is 6.91. The molecule has 0 heterocycles. The molecule has 0 atom stereocenters. The molecule has 0 spiro atoms. The van der Waals surface area contributed by atoms with Crippen LogP contribution in [0.5, 0.6) is 0 Å². The summed E-state index contributed by atoms with van der Waals surface area (Å²) >= 11 is 0. The lowest BCUT2D eigenvalue weighted by molar-refractivity contribution is -0.181. The minimum atomic E-state index is -3.16. The number of esters is 2. The molecule has 0 aromatic rings. The van der Waals surface area contributed by atoms with Gasteiger partial charge in [0.1, 0.15) is 0 Å². The van der Waals surface area contributed by atoms with Crippen LogP contribution in [0.4, 0.5) is 8.78 Å². The van der Waals surface area contributed by atoms with Crippen molar-refractivity contribution in [2.45, 2.75) is 27.2 Å². The lowest BCUT2D eigenvalue weighted by Crippen LogP contribution is -2.45. The van der Waals surface area contributed by atoms with E-state index < -0.39 is 23.8 Å². The Balaban J connectivity index is 4.88. The van der Waals surface area contributed by atoms with E-state index in [1.54, 1.807) is 0 Å². The molecule has 0 saturated heterocycles. The largest absolute Gasteiger partial charge is 0.465 e. The van der Waals surface area contributed by atoms with Crippen molar-refractivity contribution in [3.05, 3.63) is 0 Å². The summed E-state index contributed by atoms with van der Waals surface area (Å²) in [5, 5.41) is 0. The van der Waals surface area contributed by atoms with Gasteiger partial charge in [-0.3, -0.25) is 9.59 Å². The van der Waals surface area contributed by atoms with Crippen LogP contribution in [0.1, 0.15) is 20.8 Å². The smallest absolute Gasteiger partial charge is 0.329 e. The second kappa shape index (κ2) is 5.63. The minimum Gasteiger partial charge on any atom is -0.465 e. The normalized spacial score (nSPS) is 11.3. The topological polar surface area (TPSA) is 52.6 Å². The summed E-state index contributed by atoms with van der Waals surface area (Å²) in [5.74, 6) is -2.53. The van der Waals surface area contributed by atoms with Crippen LogP contribution < -0.4 is 0 Å². The van der Waals surface area contributed by atoms with Gasteiger partial charge in [-0.25, -0.2) is 8.78 Å². The predicted molar refractivity (Wildman–Crippen MR) is 47.4 cm³/mol. The molecule has 0 aliphatic heterocycles. The van der Waals surface area contributed by atoms with E-state index in [9.17, 15) is 18.4 Å². The fraction of sp³-hybridized carbons (Fsp3) is 0.778. The zero-order chi connectivity index (χ0) is 12.1. The monoisotopic (exact) mass is 224 g/mol. The summed E-state index contributed by atoms with van der Waals surface area (Å²) in [6.07, 6.45) is -3.16. The lowest BCUT2D eigenvalue weighted by Gasteiger charge is -2.23. The van der Waals surface area contributed by atoms with Crippen LogP contribution in [0.25, 0.3) is 0 Å². The van der Waals surface area contributed by atoms with Gasteiger partial charge in [-0.1, -0.05) is 0 Å². The highest BCUT2D eigenvalue weighted by Gasteiger charge is 2.52. The Morgan fingerprint density at radius 3 is 1.67 bits per heavy atom. The first-order valence-corrected chi connectivity index (χ1v) is 4.53. The molecule has 0 unspecified atom stereocenters. The van der Waals surface area contributed by atoms with E-state index in [0.717, 1.165) is 6.92 Å². The molecule has 0 N–H and O–H groups in total. The van der Waals surface area contributed by atoms with Crippen molar-refractivity contribution in [3.63, 3.8) is 0 Å². The number of halogens is 2. The number of carbonyl (C=O) groups is 2. The molecule has 0 aliphatic carbocycles. The fourth-order valence-corrected chi connectivity index (χ4v) is 0.824. The molecule has 0 fully saturated rings. The molecule has 0 bridgehead atoms. The van der Waals surface area contributed by atoms with Crippen molar-refractivity contribution in [2.75, 3.05) is 13.2 Å². The summed E-state index contributed by atoms with van der Waals surface area (Å²) in [4.78, 5) is 22.4. The molecule has 0 saturated carbocycles. The highest BCUT2D eigenvalue weighted by Crippen LogP contribution is 2.29. The highest BCUT2D eigenvalue weighted by atomic mass is 19.3. The van der Waals surface area contributed by atoms with Crippen molar-refractivity contribution < 1.29 is 27.8 Å². The zero-order valence-electron chi connectivity index (χ0n) is 8.88. The second-order valence-corrected chi connectivity index (χ2v) is 2.94.